The molecule has 5 heteroatoms. The second-order valence-electron chi connectivity index (χ2n) is 9.83. The van der Waals surface area contributed by atoms with Crippen molar-refractivity contribution in [1.82, 2.24) is 0 Å². The number of para-hydroxylation sites is 3. The molecule has 3 aromatic rings. The minimum atomic E-state index is -0.363. The van der Waals surface area contributed by atoms with Crippen LogP contribution in [0.1, 0.15) is 38.3 Å². The number of carbonyl (C=O) groups is 2. The molecule has 1 amide bonds. The first kappa shape index (κ1) is 22.0. The van der Waals surface area contributed by atoms with Crippen molar-refractivity contribution in [2.45, 2.75) is 32.7 Å². The summed E-state index contributed by atoms with van der Waals surface area (Å²) >= 11 is 0. The fourth-order valence-electron chi connectivity index (χ4n) is 5.09. The van der Waals surface area contributed by atoms with E-state index in [1.807, 2.05) is 84.9 Å². The Bertz CT molecular complexity index is 1250. The quantitative estimate of drug-likeness (QED) is 0.515. The van der Waals surface area contributed by atoms with Crippen LogP contribution in [-0.2, 0) is 9.59 Å². The zero-order valence-corrected chi connectivity index (χ0v) is 19.5. The number of ketones is 1. The fourth-order valence-corrected chi connectivity index (χ4v) is 5.09. The number of nitrogens with zero attached hydrogens (tertiary/aromatic N) is 1. The van der Waals surface area contributed by atoms with Gasteiger partial charge in [-0.05, 0) is 41.7 Å². The van der Waals surface area contributed by atoms with E-state index in [0.717, 1.165) is 40.3 Å². The van der Waals surface area contributed by atoms with Gasteiger partial charge in [0, 0.05) is 23.4 Å². The van der Waals surface area contributed by atoms with Crippen molar-refractivity contribution >= 4 is 28.8 Å². The molecule has 0 fully saturated rings. The van der Waals surface area contributed by atoms with E-state index in [4.69, 9.17) is 0 Å². The van der Waals surface area contributed by atoms with Gasteiger partial charge in [0.05, 0.1) is 24.0 Å². The number of allylic oxidation sites excluding steroid dienone is 1. The SMILES string of the molecule is CC1(C)CC(=O)C2=C(C1)Nc1ccccc1N(CC(=O)Nc1ccccc1)[C@@H]2c1ccccc1. The maximum absolute atomic E-state index is 13.6. The van der Waals surface area contributed by atoms with Crippen molar-refractivity contribution in [1.29, 1.82) is 0 Å². The van der Waals surface area contributed by atoms with E-state index in [0.29, 0.717) is 6.42 Å². The van der Waals surface area contributed by atoms with Gasteiger partial charge in [0.1, 0.15) is 0 Å². The zero-order chi connectivity index (χ0) is 23.7. The van der Waals surface area contributed by atoms with Gasteiger partial charge in [-0.25, -0.2) is 0 Å². The molecule has 0 aromatic heterocycles. The molecule has 1 heterocycles. The van der Waals surface area contributed by atoms with Gasteiger partial charge in [-0.1, -0.05) is 74.5 Å². The van der Waals surface area contributed by atoms with Gasteiger partial charge in [-0.3, -0.25) is 9.59 Å². The fraction of sp³-hybridized carbons (Fsp3) is 0.241. The summed E-state index contributed by atoms with van der Waals surface area (Å²) < 4.78 is 0. The molecule has 0 radical (unpaired) electrons. The third-order valence-corrected chi connectivity index (χ3v) is 6.49. The average molecular weight is 452 g/mol. The van der Waals surface area contributed by atoms with Crippen LogP contribution in [0.4, 0.5) is 17.1 Å². The van der Waals surface area contributed by atoms with Gasteiger partial charge in [-0.2, -0.15) is 0 Å². The van der Waals surface area contributed by atoms with Crippen molar-refractivity contribution in [2.75, 3.05) is 22.1 Å². The maximum Gasteiger partial charge on any atom is 0.243 e. The Morgan fingerprint density at radius 3 is 2.32 bits per heavy atom. The smallest absolute Gasteiger partial charge is 0.243 e. The van der Waals surface area contributed by atoms with Gasteiger partial charge < -0.3 is 15.5 Å². The molecule has 0 spiro atoms. The first-order valence-corrected chi connectivity index (χ1v) is 11.7. The number of amides is 1. The Balaban J connectivity index is 1.63. The van der Waals surface area contributed by atoms with Crippen LogP contribution in [0.5, 0.6) is 0 Å². The lowest BCUT2D eigenvalue weighted by Crippen LogP contribution is -2.40. The minimum absolute atomic E-state index is 0.112. The van der Waals surface area contributed by atoms with E-state index in [-0.39, 0.29) is 29.7 Å². The Morgan fingerprint density at radius 1 is 0.941 bits per heavy atom. The van der Waals surface area contributed by atoms with Crippen LogP contribution in [0.15, 0.2) is 96.2 Å². The summed E-state index contributed by atoms with van der Waals surface area (Å²) in [6.45, 7) is 4.38. The first-order chi connectivity index (χ1) is 16.4. The standard InChI is InChI=1S/C29H29N3O2/c1-29(2)17-23-27(25(33)18-29)28(20-11-5-3-6-12-20)32(24-16-10-9-15-22(24)31-23)19-26(34)30-21-13-7-4-8-14-21/h3-16,28,31H,17-19H2,1-2H3,(H,30,34)/t28-/m1/s1. The number of nitrogens with one attached hydrogen (secondary N) is 2. The van der Waals surface area contributed by atoms with Crippen LogP contribution in [0.2, 0.25) is 0 Å². The molecule has 1 aliphatic carbocycles. The van der Waals surface area contributed by atoms with E-state index in [1.54, 1.807) is 0 Å². The Kier molecular flexibility index (Phi) is 5.70. The van der Waals surface area contributed by atoms with Crippen LogP contribution in [-0.4, -0.2) is 18.2 Å². The van der Waals surface area contributed by atoms with Crippen molar-refractivity contribution in [3.63, 3.8) is 0 Å². The van der Waals surface area contributed by atoms with E-state index in [9.17, 15) is 9.59 Å². The van der Waals surface area contributed by atoms with Gasteiger partial charge in [0.15, 0.2) is 5.78 Å². The van der Waals surface area contributed by atoms with E-state index < -0.39 is 0 Å². The minimum Gasteiger partial charge on any atom is -0.357 e. The Morgan fingerprint density at radius 2 is 1.59 bits per heavy atom. The highest BCUT2D eigenvalue weighted by Crippen LogP contribution is 2.48. The highest BCUT2D eigenvalue weighted by Gasteiger charge is 2.41. The van der Waals surface area contributed by atoms with E-state index in [1.165, 1.54) is 0 Å². The number of benzene rings is 3. The molecule has 34 heavy (non-hydrogen) atoms. The van der Waals surface area contributed by atoms with Gasteiger partial charge in [-0.15, -0.1) is 0 Å². The highest BCUT2D eigenvalue weighted by molar-refractivity contribution is 6.02. The van der Waals surface area contributed by atoms with Crippen molar-refractivity contribution < 1.29 is 9.59 Å². The van der Waals surface area contributed by atoms with Gasteiger partial charge >= 0.3 is 0 Å². The van der Waals surface area contributed by atoms with Crippen molar-refractivity contribution in [3.8, 4) is 0 Å². The molecule has 1 aliphatic heterocycles. The maximum atomic E-state index is 13.6. The Labute approximate surface area is 200 Å². The topological polar surface area (TPSA) is 61.4 Å². The molecular formula is C29H29N3O2. The lowest BCUT2D eigenvalue weighted by Gasteiger charge is -2.37. The lowest BCUT2D eigenvalue weighted by atomic mass is 9.73. The molecule has 0 unspecified atom stereocenters. The molecule has 5 rings (SSSR count). The third-order valence-electron chi connectivity index (χ3n) is 6.49. The molecular weight excluding hydrogens is 422 g/mol. The molecule has 5 nitrogen and oxygen atoms in total. The van der Waals surface area contributed by atoms with Crippen LogP contribution in [0.25, 0.3) is 0 Å². The van der Waals surface area contributed by atoms with Crippen LogP contribution in [0.3, 0.4) is 0 Å². The van der Waals surface area contributed by atoms with E-state index >= 15 is 0 Å². The summed E-state index contributed by atoms with van der Waals surface area (Å²) in [5.41, 5.74) is 5.14. The third kappa shape index (κ3) is 4.34. The highest BCUT2D eigenvalue weighted by atomic mass is 16.2. The summed E-state index contributed by atoms with van der Waals surface area (Å²) in [5, 5.41) is 6.59. The molecule has 172 valence electrons. The van der Waals surface area contributed by atoms with Crippen molar-refractivity contribution in [2.24, 2.45) is 5.41 Å². The molecule has 3 aromatic carbocycles. The molecule has 2 N–H and O–H groups in total. The summed E-state index contributed by atoms with van der Waals surface area (Å²) in [7, 11) is 0. The predicted molar refractivity (Wildman–Crippen MR) is 137 cm³/mol. The number of fused-ring (bicyclic) bond motifs is 1. The Hall–Kier alpha value is -3.86. The number of hydrogen-bond acceptors (Lipinski definition) is 4. The van der Waals surface area contributed by atoms with Crippen LogP contribution >= 0.6 is 0 Å². The number of rotatable bonds is 4. The summed E-state index contributed by atoms with van der Waals surface area (Å²) in [5.74, 6) is 0.00319. The number of carbonyl (C=O) groups excluding carboxylic acids is 2. The summed E-state index contributed by atoms with van der Waals surface area (Å²) in [6, 6.07) is 27.1. The number of anilines is 3. The van der Waals surface area contributed by atoms with E-state index in [2.05, 4.69) is 29.4 Å². The normalized spacial score (nSPS) is 18.9. The second kappa shape index (κ2) is 8.82. The largest absolute Gasteiger partial charge is 0.357 e. The number of hydrogen-bond donors (Lipinski definition) is 2. The molecule has 0 saturated carbocycles. The van der Waals surface area contributed by atoms with Crippen molar-refractivity contribution in [3.05, 3.63) is 102 Å². The van der Waals surface area contributed by atoms with Crippen LogP contribution in [0, 0.1) is 5.41 Å². The zero-order valence-electron chi connectivity index (χ0n) is 19.5. The van der Waals surface area contributed by atoms with Gasteiger partial charge in [0.2, 0.25) is 5.91 Å². The first-order valence-electron chi connectivity index (χ1n) is 11.7. The molecule has 0 bridgehead atoms. The molecule has 1 atom stereocenters. The lowest BCUT2D eigenvalue weighted by molar-refractivity contribution is -0.119. The summed E-state index contributed by atoms with van der Waals surface area (Å²) in [6.07, 6.45) is 1.26. The monoisotopic (exact) mass is 451 g/mol. The predicted octanol–water partition coefficient (Wildman–Crippen LogP) is 5.94. The second-order valence-corrected chi connectivity index (χ2v) is 9.83. The summed E-state index contributed by atoms with van der Waals surface area (Å²) in [4.78, 5) is 28.9. The van der Waals surface area contributed by atoms with Gasteiger partial charge in [0.25, 0.3) is 0 Å². The number of Topliss-reactive ketones (excluding diaryl/α,β-unsaturated/α-hetero) is 1. The average Bonchev–Trinajstić information content (AvgIpc) is 2.94. The van der Waals surface area contributed by atoms with Crippen LogP contribution < -0.4 is 15.5 Å². The molecule has 2 aliphatic rings. The molecule has 0 saturated heterocycles.